The van der Waals surface area contributed by atoms with Crippen LogP contribution in [-0.2, 0) is 19.3 Å². The fourth-order valence-electron chi connectivity index (χ4n) is 5.27. The Kier molecular flexibility index (Phi) is 6.75. The molecule has 0 bridgehead atoms. The number of likely N-dealkylation sites (tertiary alicyclic amines) is 1. The summed E-state index contributed by atoms with van der Waals surface area (Å²) in [5.41, 5.74) is 4.99. The van der Waals surface area contributed by atoms with Gasteiger partial charge in [0.05, 0.1) is 0 Å². The molecule has 0 unspecified atom stereocenters. The number of fused-ring (bicyclic) bond motifs is 2. The van der Waals surface area contributed by atoms with Crippen molar-refractivity contribution in [3.8, 4) is 11.5 Å². The Morgan fingerprint density at radius 2 is 1.78 bits per heavy atom. The van der Waals surface area contributed by atoms with Crippen LogP contribution in [0.1, 0.15) is 52.7 Å². The smallest absolute Gasteiger partial charge is 0.231 e. The lowest BCUT2D eigenvalue weighted by Crippen LogP contribution is -2.35. The predicted octanol–water partition coefficient (Wildman–Crippen LogP) is 4.02. The third kappa shape index (κ3) is 5.16. The highest BCUT2D eigenvalue weighted by molar-refractivity contribution is 5.96. The molecule has 2 aromatic rings. The molecule has 0 saturated carbocycles. The zero-order valence-electron chi connectivity index (χ0n) is 18.9. The molecule has 1 saturated heterocycles. The van der Waals surface area contributed by atoms with Gasteiger partial charge in [0.15, 0.2) is 17.3 Å². The van der Waals surface area contributed by atoms with Gasteiger partial charge in [0.2, 0.25) is 6.79 Å². The topological polar surface area (TPSA) is 50.8 Å². The van der Waals surface area contributed by atoms with Crippen molar-refractivity contribution in [2.45, 2.75) is 44.9 Å². The highest BCUT2D eigenvalue weighted by Crippen LogP contribution is 2.34. The van der Waals surface area contributed by atoms with Gasteiger partial charge in [0, 0.05) is 12.0 Å². The largest absolute Gasteiger partial charge is 0.454 e. The summed E-state index contributed by atoms with van der Waals surface area (Å²) < 4.78 is 10.9. The van der Waals surface area contributed by atoms with E-state index in [9.17, 15) is 4.79 Å². The summed E-state index contributed by atoms with van der Waals surface area (Å²) in [6.45, 7) is 5.68. The summed E-state index contributed by atoms with van der Waals surface area (Å²) in [7, 11) is 0. The molecule has 2 aromatic carbocycles. The Morgan fingerprint density at radius 1 is 0.969 bits per heavy atom. The molecule has 0 radical (unpaired) electrons. The quantitative estimate of drug-likeness (QED) is 0.667. The van der Waals surface area contributed by atoms with Gasteiger partial charge in [-0.25, -0.2) is 0 Å². The highest BCUT2D eigenvalue weighted by atomic mass is 16.7. The average molecular weight is 435 g/mol. The van der Waals surface area contributed by atoms with Crippen LogP contribution in [0.5, 0.6) is 11.5 Å². The lowest BCUT2D eigenvalue weighted by molar-refractivity contribution is 0.0970. The molecule has 0 atom stereocenters. The standard InChI is InChI=1S/C27H34N2O3/c30-25(24-5-4-22-7-11-28-12-8-23(22)18-24)2-1-13-29-14-9-20(10-15-29)16-21-3-6-26-27(17-21)32-19-31-26/h3-6,17-18,20,28H,1-2,7-16,19H2. The molecule has 170 valence electrons. The van der Waals surface area contributed by atoms with Crippen molar-refractivity contribution in [2.24, 2.45) is 5.92 Å². The first-order valence-corrected chi connectivity index (χ1v) is 12.2. The highest BCUT2D eigenvalue weighted by Gasteiger charge is 2.21. The van der Waals surface area contributed by atoms with Crippen LogP contribution in [-0.4, -0.2) is 50.2 Å². The Hall–Kier alpha value is -2.37. The van der Waals surface area contributed by atoms with Gasteiger partial charge in [-0.15, -0.1) is 0 Å². The van der Waals surface area contributed by atoms with Crippen LogP contribution >= 0.6 is 0 Å². The number of rotatable bonds is 7. The van der Waals surface area contributed by atoms with Crippen LogP contribution < -0.4 is 14.8 Å². The number of nitrogens with zero attached hydrogens (tertiary/aromatic N) is 1. The normalized spacial score (nSPS) is 18.9. The first kappa shape index (κ1) is 21.5. The van der Waals surface area contributed by atoms with Gasteiger partial charge in [-0.05, 0) is 112 Å². The maximum absolute atomic E-state index is 12.7. The molecular weight excluding hydrogens is 400 g/mol. The van der Waals surface area contributed by atoms with E-state index in [-0.39, 0.29) is 0 Å². The second kappa shape index (κ2) is 10.1. The number of benzene rings is 2. The zero-order valence-corrected chi connectivity index (χ0v) is 18.9. The van der Waals surface area contributed by atoms with Crippen molar-refractivity contribution in [3.05, 3.63) is 58.7 Å². The third-order valence-corrected chi connectivity index (χ3v) is 7.22. The van der Waals surface area contributed by atoms with Crippen molar-refractivity contribution in [1.29, 1.82) is 0 Å². The lowest BCUT2D eigenvalue weighted by atomic mass is 9.90. The molecule has 3 aliphatic rings. The van der Waals surface area contributed by atoms with E-state index < -0.39 is 0 Å². The molecule has 32 heavy (non-hydrogen) atoms. The maximum Gasteiger partial charge on any atom is 0.231 e. The molecule has 3 aliphatic heterocycles. The van der Waals surface area contributed by atoms with Gasteiger partial charge in [-0.2, -0.15) is 0 Å². The van der Waals surface area contributed by atoms with Gasteiger partial charge in [-0.3, -0.25) is 4.79 Å². The van der Waals surface area contributed by atoms with E-state index in [1.807, 2.05) is 12.1 Å². The number of nitrogens with one attached hydrogen (secondary N) is 1. The number of carbonyl (C=O) groups is 1. The van der Waals surface area contributed by atoms with E-state index in [0.717, 1.165) is 81.4 Å². The Balaban J connectivity index is 1.04. The van der Waals surface area contributed by atoms with Crippen LogP contribution in [0.2, 0.25) is 0 Å². The summed E-state index contributed by atoms with van der Waals surface area (Å²) >= 11 is 0. The van der Waals surface area contributed by atoms with Crippen molar-refractivity contribution in [2.75, 3.05) is 39.5 Å². The molecule has 5 rings (SSSR count). The molecule has 3 heterocycles. The van der Waals surface area contributed by atoms with E-state index in [4.69, 9.17) is 9.47 Å². The van der Waals surface area contributed by atoms with Crippen molar-refractivity contribution in [1.82, 2.24) is 10.2 Å². The van der Waals surface area contributed by atoms with E-state index >= 15 is 0 Å². The second-order valence-electron chi connectivity index (χ2n) is 9.44. The molecule has 0 aliphatic carbocycles. The summed E-state index contributed by atoms with van der Waals surface area (Å²) in [5, 5.41) is 3.44. The first-order valence-electron chi connectivity index (χ1n) is 12.2. The molecule has 0 amide bonds. The minimum absolute atomic E-state index is 0.294. The van der Waals surface area contributed by atoms with Gasteiger partial charge < -0.3 is 19.7 Å². The third-order valence-electron chi connectivity index (χ3n) is 7.22. The maximum atomic E-state index is 12.7. The molecular formula is C27H34N2O3. The fraction of sp³-hybridized carbons (Fsp3) is 0.519. The van der Waals surface area contributed by atoms with Gasteiger partial charge in [-0.1, -0.05) is 18.2 Å². The average Bonchev–Trinajstić information content (AvgIpc) is 3.15. The van der Waals surface area contributed by atoms with Crippen LogP contribution in [0.25, 0.3) is 0 Å². The summed E-state index contributed by atoms with van der Waals surface area (Å²) in [6.07, 6.45) is 7.24. The number of ketones is 1. The summed E-state index contributed by atoms with van der Waals surface area (Å²) in [4.78, 5) is 15.3. The summed E-state index contributed by atoms with van der Waals surface area (Å²) in [6, 6.07) is 12.7. The van der Waals surface area contributed by atoms with Crippen LogP contribution in [0.15, 0.2) is 36.4 Å². The lowest BCUT2D eigenvalue weighted by Gasteiger charge is -2.32. The van der Waals surface area contributed by atoms with Gasteiger partial charge in [0.25, 0.3) is 0 Å². The van der Waals surface area contributed by atoms with Crippen molar-refractivity contribution >= 4 is 5.78 Å². The first-order chi connectivity index (χ1) is 15.7. The Bertz CT molecular complexity index is 950. The number of hydrogen-bond donors (Lipinski definition) is 1. The molecule has 5 heteroatoms. The van der Waals surface area contributed by atoms with Gasteiger partial charge in [0.1, 0.15) is 0 Å². The van der Waals surface area contributed by atoms with Crippen LogP contribution in [0.3, 0.4) is 0 Å². The number of Topliss-reactive ketones (excluding diaryl/α,β-unsaturated/α-hetero) is 1. The zero-order chi connectivity index (χ0) is 21.8. The van der Waals surface area contributed by atoms with Crippen molar-refractivity contribution in [3.63, 3.8) is 0 Å². The molecule has 0 spiro atoms. The Morgan fingerprint density at radius 3 is 2.66 bits per heavy atom. The van der Waals surface area contributed by atoms with Crippen LogP contribution in [0, 0.1) is 5.92 Å². The van der Waals surface area contributed by atoms with Gasteiger partial charge >= 0.3 is 0 Å². The Labute approximate surface area is 191 Å². The summed E-state index contributed by atoms with van der Waals surface area (Å²) in [5.74, 6) is 2.77. The van der Waals surface area contributed by atoms with E-state index in [2.05, 4.69) is 34.5 Å². The van der Waals surface area contributed by atoms with E-state index in [1.165, 1.54) is 29.5 Å². The molecule has 1 N–H and O–H groups in total. The van der Waals surface area contributed by atoms with E-state index in [0.29, 0.717) is 19.0 Å². The number of hydrogen-bond acceptors (Lipinski definition) is 5. The number of ether oxygens (including phenoxy) is 2. The SMILES string of the molecule is O=C(CCCN1CCC(Cc2ccc3c(c2)OCO3)CC1)c1ccc2c(c1)CCNCC2. The molecule has 0 aromatic heterocycles. The van der Waals surface area contributed by atoms with Crippen molar-refractivity contribution < 1.29 is 14.3 Å². The number of carbonyl (C=O) groups excluding carboxylic acids is 1. The monoisotopic (exact) mass is 434 g/mol. The van der Waals surface area contributed by atoms with E-state index in [1.54, 1.807) is 0 Å². The van der Waals surface area contributed by atoms with Crippen LogP contribution in [0.4, 0.5) is 0 Å². The predicted molar refractivity (Wildman–Crippen MR) is 126 cm³/mol. The molecule has 1 fully saturated rings. The minimum Gasteiger partial charge on any atom is -0.454 e. The fourth-order valence-corrected chi connectivity index (χ4v) is 5.27. The second-order valence-corrected chi connectivity index (χ2v) is 9.44. The number of piperidine rings is 1. The minimum atomic E-state index is 0.294. The molecule has 5 nitrogen and oxygen atoms in total.